The Morgan fingerprint density at radius 3 is 1.17 bits per heavy atom. The SMILES string of the molecule is CC1(C)CCCC(C)(C)N1c1ccc(-n2[c-][n+](-c3[c-]c(Oc4[c-]c(-c5[c-]c(Oc6[c-]c(-[n+]7[c-]n(-c8ccc(N9C(C)(C)CCCC9(C)C)cc8)c8ccccc87)cnc6)ccn5)ncc4)cnc3)c3ccccc32)cc1.[Pt].[Pt]. The third-order valence-corrected chi connectivity index (χ3v) is 15.2. The summed E-state index contributed by atoms with van der Waals surface area (Å²) in [6.07, 6.45) is 24.3. The molecule has 0 N–H and O–H groups in total. The maximum Gasteiger partial charge on any atom is 0.268 e. The molecule has 0 amide bonds. The smallest absolute Gasteiger partial charge is 0.268 e. The third-order valence-electron chi connectivity index (χ3n) is 15.2. The second-order valence-corrected chi connectivity index (χ2v) is 22.5. The summed E-state index contributed by atoms with van der Waals surface area (Å²) < 4.78 is 20.8. The van der Waals surface area contributed by atoms with E-state index in [0.29, 0.717) is 45.8 Å². The molecule has 10 aromatic rings. The van der Waals surface area contributed by atoms with Crippen LogP contribution in [0.25, 0.3) is 56.2 Å². The van der Waals surface area contributed by atoms with Crippen LogP contribution in [0.15, 0.2) is 146 Å². The molecule has 402 valence electrons. The number of rotatable bonds is 11. The second kappa shape index (κ2) is 21.3. The summed E-state index contributed by atoms with van der Waals surface area (Å²) in [5, 5.41) is 0. The van der Waals surface area contributed by atoms with Gasteiger partial charge in [0.2, 0.25) is 0 Å². The summed E-state index contributed by atoms with van der Waals surface area (Å²) in [7, 11) is 0. The van der Waals surface area contributed by atoms with E-state index in [0.717, 1.165) is 59.1 Å². The Kier molecular flexibility index (Phi) is 14.9. The molecule has 2 fully saturated rings. The number of aromatic nitrogens is 8. The van der Waals surface area contributed by atoms with Crippen molar-refractivity contribution in [2.45, 2.75) is 116 Å². The first kappa shape index (κ1) is 54.4. The Morgan fingerprint density at radius 2 is 0.782 bits per heavy atom. The molecule has 2 saturated heterocycles. The largest absolute Gasteiger partial charge is 0.509 e. The number of ether oxygens (including phenoxy) is 2. The van der Waals surface area contributed by atoms with E-state index < -0.39 is 0 Å². The molecule has 6 aromatic heterocycles. The van der Waals surface area contributed by atoms with E-state index >= 15 is 0 Å². The van der Waals surface area contributed by atoms with Gasteiger partial charge < -0.3 is 48.3 Å². The number of hydrogen-bond donors (Lipinski definition) is 0. The quantitative estimate of drug-likeness (QED) is 0.0934. The minimum Gasteiger partial charge on any atom is -0.509 e. The zero-order valence-corrected chi connectivity index (χ0v) is 49.6. The summed E-state index contributed by atoms with van der Waals surface area (Å²) in [6, 6.07) is 50.9. The van der Waals surface area contributed by atoms with Gasteiger partial charge in [-0.3, -0.25) is 9.13 Å². The van der Waals surface area contributed by atoms with Crippen molar-refractivity contribution in [2.75, 3.05) is 9.80 Å². The number of imidazole rings is 2. The summed E-state index contributed by atoms with van der Waals surface area (Å²) in [6.45, 7) is 18.8. The van der Waals surface area contributed by atoms with Gasteiger partial charge in [0.1, 0.15) is 0 Å². The summed E-state index contributed by atoms with van der Waals surface area (Å²) in [5.74, 6) is 1.60. The van der Waals surface area contributed by atoms with Crippen molar-refractivity contribution in [2.24, 2.45) is 0 Å². The maximum absolute atomic E-state index is 6.35. The van der Waals surface area contributed by atoms with Crippen LogP contribution in [0.1, 0.15) is 93.9 Å². The summed E-state index contributed by atoms with van der Waals surface area (Å²) >= 11 is 0. The van der Waals surface area contributed by atoms with Gasteiger partial charge in [-0.05, 0) is 179 Å². The van der Waals surface area contributed by atoms with Crippen LogP contribution in [0.2, 0.25) is 0 Å². The molecule has 0 saturated carbocycles. The molecule has 0 spiro atoms. The fourth-order valence-corrected chi connectivity index (χ4v) is 12.2. The molecule has 0 atom stereocenters. The van der Waals surface area contributed by atoms with Crippen LogP contribution in [0.5, 0.6) is 23.0 Å². The fourth-order valence-electron chi connectivity index (χ4n) is 12.2. The van der Waals surface area contributed by atoms with Crippen molar-refractivity contribution in [1.82, 2.24) is 29.1 Å². The minimum absolute atomic E-state index is 0. The van der Waals surface area contributed by atoms with Crippen LogP contribution in [-0.2, 0) is 42.1 Å². The Morgan fingerprint density at radius 1 is 0.423 bits per heavy atom. The zero-order valence-electron chi connectivity index (χ0n) is 45.0. The molecule has 78 heavy (non-hydrogen) atoms. The molecule has 2 aliphatic rings. The zero-order chi connectivity index (χ0) is 52.4. The molecule has 2 aliphatic heterocycles. The van der Waals surface area contributed by atoms with E-state index in [9.17, 15) is 0 Å². The number of pyridine rings is 4. The van der Waals surface area contributed by atoms with Crippen LogP contribution in [-0.4, -0.2) is 51.2 Å². The molecular formula is C64H60N10O2Pt2-4. The molecule has 0 unspecified atom stereocenters. The topological polar surface area (TPSA) is 94.1 Å². The predicted octanol–water partition coefficient (Wildman–Crippen LogP) is 12.9. The average molecular weight is 1390 g/mol. The fraction of sp³-hybridized carbons (Fsp3) is 0.281. The van der Waals surface area contributed by atoms with Gasteiger partial charge in [-0.15, -0.1) is 35.7 Å². The van der Waals surface area contributed by atoms with Crippen molar-refractivity contribution >= 4 is 33.4 Å². The van der Waals surface area contributed by atoms with Gasteiger partial charge >= 0.3 is 0 Å². The van der Waals surface area contributed by atoms with E-state index in [4.69, 9.17) is 9.47 Å². The van der Waals surface area contributed by atoms with Crippen LogP contribution in [0.3, 0.4) is 0 Å². The van der Waals surface area contributed by atoms with Gasteiger partial charge in [0.25, 0.3) is 12.7 Å². The van der Waals surface area contributed by atoms with E-state index in [1.165, 1.54) is 24.2 Å². The second-order valence-electron chi connectivity index (χ2n) is 22.5. The number of piperidine rings is 2. The monoisotopic (exact) mass is 1390 g/mol. The maximum atomic E-state index is 6.35. The standard InChI is InChI=1S/C64H60N10O2.2Pt/c1-61(2)29-13-30-62(3,4)73(61)47-23-19-45(20-24-47)69-43-71(59-17-11-9-15-57(59)69)49-35-53(41-65-39-49)75-51-27-33-67-55(37-51)56-38-52(28-34-68-56)76-54-36-50(40-66-42-54)72-44-70(58-16-10-12-18-60(58)72)46-21-25-48(26-22-46)74-63(5,6)31-14-32-64(74,7)8;;/h9-12,15-28,33-34,39-42H,13-14,29-32H2,1-8H3;;/q-4;;. The first-order valence-electron chi connectivity index (χ1n) is 26.2. The Bertz CT molecular complexity index is 3500. The van der Waals surface area contributed by atoms with Gasteiger partial charge in [0, 0.05) is 98.7 Å². The summed E-state index contributed by atoms with van der Waals surface area (Å²) in [5.41, 5.74) is 10.8. The molecule has 12 rings (SSSR count). The minimum atomic E-state index is 0. The van der Waals surface area contributed by atoms with E-state index in [1.807, 2.05) is 33.4 Å². The first-order valence-corrected chi connectivity index (χ1v) is 26.2. The van der Waals surface area contributed by atoms with Crippen LogP contribution >= 0.6 is 0 Å². The van der Waals surface area contributed by atoms with Gasteiger partial charge in [-0.25, -0.2) is 0 Å². The summed E-state index contributed by atoms with van der Waals surface area (Å²) in [4.78, 5) is 23.4. The van der Waals surface area contributed by atoms with Gasteiger partial charge in [0.05, 0.1) is 33.4 Å². The number of hydrogen-bond acceptors (Lipinski definition) is 8. The van der Waals surface area contributed by atoms with Crippen LogP contribution in [0, 0.1) is 36.9 Å². The molecule has 0 aliphatic carbocycles. The number of nitrogens with zero attached hydrogens (tertiary/aromatic N) is 10. The molecule has 0 bridgehead atoms. The molecule has 0 radical (unpaired) electrons. The molecular weight excluding hydrogens is 1330 g/mol. The molecule has 8 heterocycles. The van der Waals surface area contributed by atoms with E-state index in [2.05, 4.69) is 204 Å². The van der Waals surface area contributed by atoms with Gasteiger partial charge in [0.15, 0.2) is 0 Å². The predicted molar refractivity (Wildman–Crippen MR) is 295 cm³/mol. The van der Waals surface area contributed by atoms with Crippen molar-refractivity contribution < 1.29 is 60.7 Å². The number of anilines is 2. The Labute approximate surface area is 486 Å². The van der Waals surface area contributed by atoms with Crippen molar-refractivity contribution in [3.05, 3.63) is 183 Å². The van der Waals surface area contributed by atoms with Crippen molar-refractivity contribution in [3.8, 4) is 57.1 Å². The number of para-hydroxylation sites is 4. The normalized spacial score (nSPS) is 16.3. The average Bonchev–Trinajstić information content (AvgIpc) is 4.18. The molecule has 14 heteroatoms. The van der Waals surface area contributed by atoms with Crippen molar-refractivity contribution in [3.63, 3.8) is 0 Å². The van der Waals surface area contributed by atoms with E-state index in [-0.39, 0.29) is 64.3 Å². The van der Waals surface area contributed by atoms with Gasteiger partial charge in [-0.1, -0.05) is 60.9 Å². The molecule has 4 aromatic carbocycles. The Hall–Kier alpha value is -7.00. The number of benzene rings is 4. The van der Waals surface area contributed by atoms with E-state index in [1.54, 1.807) is 49.3 Å². The van der Waals surface area contributed by atoms with Crippen LogP contribution in [0.4, 0.5) is 11.4 Å². The van der Waals surface area contributed by atoms with Crippen molar-refractivity contribution in [1.29, 1.82) is 0 Å². The first-order chi connectivity index (χ1) is 36.6. The van der Waals surface area contributed by atoms with Crippen LogP contribution < -0.4 is 28.4 Å². The molecule has 12 nitrogen and oxygen atoms in total. The van der Waals surface area contributed by atoms with Gasteiger partial charge in [-0.2, -0.15) is 12.1 Å². The third kappa shape index (κ3) is 10.4. The Balaban J connectivity index is 0.00000344. The number of fused-ring (bicyclic) bond motifs is 2.